The number of hydrogen-bond donors (Lipinski definition) is 3. The monoisotopic (exact) mass is 242 g/mol. The summed E-state index contributed by atoms with van der Waals surface area (Å²) in [5.74, 6) is 0.724. The summed E-state index contributed by atoms with van der Waals surface area (Å²) in [6.07, 6.45) is 0.400. The van der Waals surface area contributed by atoms with Gasteiger partial charge in [-0.3, -0.25) is 0 Å². The Morgan fingerprint density at radius 3 is 2.12 bits per heavy atom. The first kappa shape index (κ1) is 13.5. The molecule has 0 saturated carbocycles. The van der Waals surface area contributed by atoms with Crippen molar-refractivity contribution < 1.29 is 15.3 Å². The third-order valence-corrected chi connectivity index (χ3v) is 4.08. The third-order valence-electron chi connectivity index (χ3n) is 2.53. The van der Waals surface area contributed by atoms with Crippen LogP contribution in [0.5, 0.6) is 0 Å². The Morgan fingerprint density at radius 2 is 1.62 bits per heavy atom. The fourth-order valence-corrected chi connectivity index (χ4v) is 2.47. The molecule has 3 N–H and O–H groups in total. The molecule has 0 aliphatic heterocycles. The molecule has 0 unspecified atom stereocenters. The van der Waals surface area contributed by atoms with Gasteiger partial charge in [0.25, 0.3) is 0 Å². The van der Waals surface area contributed by atoms with Gasteiger partial charge in [0.15, 0.2) is 0 Å². The van der Waals surface area contributed by atoms with Crippen molar-refractivity contribution in [2.45, 2.75) is 16.9 Å². The van der Waals surface area contributed by atoms with Gasteiger partial charge in [-0.2, -0.15) is 0 Å². The maximum Gasteiger partial charge on any atom is 0.0645 e. The number of aliphatic hydroxyl groups is 3. The summed E-state index contributed by atoms with van der Waals surface area (Å²) in [4.78, 5) is 0. The summed E-state index contributed by atoms with van der Waals surface area (Å²) in [6.45, 7) is -0.272. The molecule has 0 aliphatic carbocycles. The summed E-state index contributed by atoms with van der Waals surface area (Å²) in [5, 5.41) is 27.5. The zero-order chi connectivity index (χ0) is 11.9. The molecule has 0 saturated heterocycles. The van der Waals surface area contributed by atoms with E-state index >= 15 is 0 Å². The van der Waals surface area contributed by atoms with Crippen LogP contribution in [0.2, 0.25) is 0 Å². The summed E-state index contributed by atoms with van der Waals surface area (Å²) in [5.41, 5.74) is 1.15. The van der Waals surface area contributed by atoms with Crippen LogP contribution in [0.1, 0.15) is 12.0 Å². The predicted molar refractivity (Wildman–Crippen MR) is 66.3 cm³/mol. The summed E-state index contributed by atoms with van der Waals surface area (Å²) in [7, 11) is 0. The summed E-state index contributed by atoms with van der Waals surface area (Å²) >= 11 is 1.49. The van der Waals surface area contributed by atoms with E-state index in [9.17, 15) is 10.2 Å². The molecule has 0 spiro atoms. The molecule has 0 bridgehead atoms. The predicted octanol–water partition coefficient (Wildman–Crippen LogP) is 1.03. The smallest absolute Gasteiger partial charge is 0.0645 e. The van der Waals surface area contributed by atoms with Crippen LogP contribution in [-0.4, -0.2) is 39.9 Å². The van der Waals surface area contributed by atoms with Crippen LogP contribution in [0.25, 0.3) is 0 Å². The lowest BCUT2D eigenvalue weighted by Gasteiger charge is -2.28. The molecule has 1 rings (SSSR count). The molecule has 0 atom stereocenters. The zero-order valence-corrected chi connectivity index (χ0v) is 9.99. The first-order valence-electron chi connectivity index (χ1n) is 5.27. The molecular weight excluding hydrogens is 224 g/mol. The Kier molecular flexibility index (Phi) is 5.84. The molecule has 1 aromatic rings. The largest absolute Gasteiger partial charge is 0.396 e. The number of hydrogen-bond acceptors (Lipinski definition) is 4. The third kappa shape index (κ3) is 3.79. The van der Waals surface area contributed by atoms with E-state index in [1.165, 1.54) is 11.8 Å². The first-order valence-corrected chi connectivity index (χ1v) is 6.25. The van der Waals surface area contributed by atoms with E-state index < -0.39 is 4.75 Å². The molecule has 0 radical (unpaired) electrons. The van der Waals surface area contributed by atoms with Crippen LogP contribution in [-0.2, 0) is 5.75 Å². The molecule has 1 aromatic carbocycles. The molecular formula is C12H18O3S. The van der Waals surface area contributed by atoms with E-state index in [0.29, 0.717) is 6.42 Å². The standard InChI is InChI=1S/C12H18O3S/c13-7-6-12(9-14,10-15)16-8-11-4-2-1-3-5-11/h1-5,13-15H,6-10H2. The number of aliphatic hydroxyl groups excluding tert-OH is 3. The van der Waals surface area contributed by atoms with E-state index in [1.54, 1.807) is 0 Å². The van der Waals surface area contributed by atoms with Crippen molar-refractivity contribution in [3.8, 4) is 0 Å². The Balaban J connectivity index is 2.56. The van der Waals surface area contributed by atoms with Gasteiger partial charge in [-0.05, 0) is 12.0 Å². The van der Waals surface area contributed by atoms with Gasteiger partial charge in [0.1, 0.15) is 0 Å². The quantitative estimate of drug-likeness (QED) is 0.668. The maximum atomic E-state index is 9.29. The van der Waals surface area contributed by atoms with E-state index in [1.807, 2.05) is 30.3 Å². The van der Waals surface area contributed by atoms with Crippen molar-refractivity contribution in [2.24, 2.45) is 0 Å². The van der Waals surface area contributed by atoms with Crippen LogP contribution < -0.4 is 0 Å². The minimum absolute atomic E-state index is 0.0249. The Morgan fingerprint density at radius 1 is 1.00 bits per heavy atom. The normalized spacial score (nSPS) is 11.7. The summed E-state index contributed by atoms with van der Waals surface area (Å²) in [6, 6.07) is 9.88. The molecule has 0 fully saturated rings. The van der Waals surface area contributed by atoms with Crippen molar-refractivity contribution in [1.29, 1.82) is 0 Å². The lowest BCUT2D eigenvalue weighted by Crippen LogP contribution is -2.35. The van der Waals surface area contributed by atoms with Gasteiger partial charge in [-0.25, -0.2) is 0 Å². The van der Waals surface area contributed by atoms with Crippen LogP contribution in [0.4, 0.5) is 0 Å². The van der Waals surface area contributed by atoms with E-state index in [2.05, 4.69) is 0 Å². The fourth-order valence-electron chi connectivity index (χ4n) is 1.39. The van der Waals surface area contributed by atoms with Gasteiger partial charge >= 0.3 is 0 Å². The Bertz CT molecular complexity index is 286. The average molecular weight is 242 g/mol. The minimum Gasteiger partial charge on any atom is -0.396 e. The SMILES string of the molecule is OCCC(CO)(CO)SCc1ccccc1. The van der Waals surface area contributed by atoms with Crippen molar-refractivity contribution in [3.63, 3.8) is 0 Å². The highest BCUT2D eigenvalue weighted by molar-refractivity contribution is 7.99. The molecule has 0 aromatic heterocycles. The molecule has 90 valence electrons. The van der Waals surface area contributed by atoms with Crippen molar-refractivity contribution in [1.82, 2.24) is 0 Å². The topological polar surface area (TPSA) is 60.7 Å². The Hall–Kier alpha value is -0.550. The summed E-state index contributed by atoms with van der Waals surface area (Å²) < 4.78 is -0.634. The average Bonchev–Trinajstić information content (AvgIpc) is 2.36. The fraction of sp³-hybridized carbons (Fsp3) is 0.500. The van der Waals surface area contributed by atoms with E-state index in [4.69, 9.17) is 5.11 Å². The molecule has 16 heavy (non-hydrogen) atoms. The number of benzene rings is 1. The van der Waals surface area contributed by atoms with Crippen LogP contribution in [0.3, 0.4) is 0 Å². The van der Waals surface area contributed by atoms with E-state index in [-0.39, 0.29) is 19.8 Å². The van der Waals surface area contributed by atoms with Gasteiger partial charge in [0, 0.05) is 12.4 Å². The lowest BCUT2D eigenvalue weighted by atomic mass is 10.1. The number of rotatable bonds is 7. The second-order valence-electron chi connectivity index (χ2n) is 3.75. The van der Waals surface area contributed by atoms with Crippen LogP contribution in [0.15, 0.2) is 30.3 Å². The highest BCUT2D eigenvalue weighted by atomic mass is 32.2. The second kappa shape index (κ2) is 6.91. The zero-order valence-electron chi connectivity index (χ0n) is 9.17. The minimum atomic E-state index is -0.634. The van der Waals surface area contributed by atoms with Gasteiger partial charge in [0.05, 0.1) is 18.0 Å². The van der Waals surface area contributed by atoms with Gasteiger partial charge in [-0.1, -0.05) is 30.3 Å². The molecule has 0 heterocycles. The molecule has 4 heteroatoms. The van der Waals surface area contributed by atoms with Gasteiger partial charge in [-0.15, -0.1) is 11.8 Å². The number of thioether (sulfide) groups is 1. The van der Waals surface area contributed by atoms with Crippen LogP contribution in [0, 0.1) is 0 Å². The van der Waals surface area contributed by atoms with Crippen molar-refractivity contribution in [3.05, 3.63) is 35.9 Å². The van der Waals surface area contributed by atoms with Crippen molar-refractivity contribution in [2.75, 3.05) is 19.8 Å². The highest BCUT2D eigenvalue weighted by Crippen LogP contribution is 2.31. The molecule has 0 amide bonds. The first-order chi connectivity index (χ1) is 7.76. The molecule has 0 aliphatic rings. The Labute approximate surface area is 100 Å². The van der Waals surface area contributed by atoms with Gasteiger partial charge < -0.3 is 15.3 Å². The lowest BCUT2D eigenvalue weighted by molar-refractivity contribution is 0.146. The van der Waals surface area contributed by atoms with E-state index in [0.717, 1.165) is 11.3 Å². The maximum absolute atomic E-state index is 9.29. The van der Waals surface area contributed by atoms with Crippen LogP contribution >= 0.6 is 11.8 Å². The molecule has 3 nitrogen and oxygen atoms in total. The second-order valence-corrected chi connectivity index (χ2v) is 5.19. The highest BCUT2D eigenvalue weighted by Gasteiger charge is 2.28. The van der Waals surface area contributed by atoms with Crippen molar-refractivity contribution >= 4 is 11.8 Å². The van der Waals surface area contributed by atoms with Gasteiger partial charge in [0.2, 0.25) is 0 Å².